The standard InChI is InChI=1S/C12H18F3N5/c1-8(20-4-2-3-5-20)7-17-10-6-9(16)18-11(19-10)12(13,14)15/h6,8H,2-5,7H2,1H3,(H3,16,17,18,19). The molecular formula is C12H18F3N5. The first-order chi connectivity index (χ1) is 9.36. The van der Waals surface area contributed by atoms with E-state index in [2.05, 4.69) is 20.2 Å². The van der Waals surface area contributed by atoms with Gasteiger partial charge in [0.05, 0.1) is 0 Å². The third kappa shape index (κ3) is 3.72. The molecule has 2 rings (SSSR count). The number of halogens is 3. The summed E-state index contributed by atoms with van der Waals surface area (Å²) in [5.41, 5.74) is 5.38. The molecule has 5 nitrogen and oxygen atoms in total. The molecule has 0 aromatic carbocycles. The number of nitrogens with zero attached hydrogens (tertiary/aromatic N) is 3. The first-order valence-corrected chi connectivity index (χ1v) is 6.56. The largest absolute Gasteiger partial charge is 0.451 e. The first kappa shape index (κ1) is 14.8. The number of aromatic nitrogens is 2. The highest BCUT2D eigenvalue weighted by atomic mass is 19.4. The van der Waals surface area contributed by atoms with Crippen molar-refractivity contribution < 1.29 is 13.2 Å². The highest BCUT2D eigenvalue weighted by Crippen LogP contribution is 2.27. The lowest BCUT2D eigenvalue weighted by Crippen LogP contribution is -2.35. The van der Waals surface area contributed by atoms with E-state index < -0.39 is 12.0 Å². The van der Waals surface area contributed by atoms with Crippen molar-refractivity contribution in [1.29, 1.82) is 0 Å². The summed E-state index contributed by atoms with van der Waals surface area (Å²) in [6.45, 7) is 4.62. The van der Waals surface area contributed by atoms with E-state index in [1.165, 1.54) is 18.9 Å². The van der Waals surface area contributed by atoms with Crippen LogP contribution in [-0.4, -0.2) is 40.5 Å². The molecule has 112 valence electrons. The Morgan fingerprint density at radius 2 is 2.00 bits per heavy atom. The molecule has 1 aliphatic rings. The molecule has 1 aromatic rings. The lowest BCUT2D eigenvalue weighted by Gasteiger charge is -2.24. The van der Waals surface area contributed by atoms with Gasteiger partial charge >= 0.3 is 6.18 Å². The van der Waals surface area contributed by atoms with E-state index in [4.69, 9.17) is 5.73 Å². The van der Waals surface area contributed by atoms with E-state index in [0.29, 0.717) is 6.54 Å². The summed E-state index contributed by atoms with van der Waals surface area (Å²) >= 11 is 0. The predicted molar refractivity (Wildman–Crippen MR) is 70.2 cm³/mol. The van der Waals surface area contributed by atoms with Gasteiger partial charge in [0.15, 0.2) is 0 Å². The fraction of sp³-hybridized carbons (Fsp3) is 0.667. The fourth-order valence-corrected chi connectivity index (χ4v) is 2.25. The molecular weight excluding hydrogens is 271 g/mol. The lowest BCUT2D eigenvalue weighted by atomic mass is 10.3. The zero-order valence-electron chi connectivity index (χ0n) is 11.2. The Hall–Kier alpha value is -1.57. The lowest BCUT2D eigenvalue weighted by molar-refractivity contribution is -0.144. The van der Waals surface area contributed by atoms with Crippen LogP contribution in [0.1, 0.15) is 25.6 Å². The molecule has 3 N–H and O–H groups in total. The number of nitrogen functional groups attached to an aromatic ring is 1. The van der Waals surface area contributed by atoms with Crippen molar-refractivity contribution in [2.24, 2.45) is 0 Å². The Morgan fingerprint density at radius 3 is 2.60 bits per heavy atom. The molecule has 0 bridgehead atoms. The monoisotopic (exact) mass is 289 g/mol. The van der Waals surface area contributed by atoms with Gasteiger partial charge in [-0.15, -0.1) is 0 Å². The van der Waals surface area contributed by atoms with Gasteiger partial charge in [0.2, 0.25) is 5.82 Å². The van der Waals surface area contributed by atoms with Crippen molar-refractivity contribution in [3.8, 4) is 0 Å². The summed E-state index contributed by atoms with van der Waals surface area (Å²) in [4.78, 5) is 8.95. The molecule has 1 aliphatic heterocycles. The van der Waals surface area contributed by atoms with Crippen LogP contribution in [-0.2, 0) is 6.18 Å². The van der Waals surface area contributed by atoms with Gasteiger partial charge in [-0.05, 0) is 32.9 Å². The summed E-state index contributed by atoms with van der Waals surface area (Å²) in [5, 5.41) is 2.90. The molecule has 8 heteroatoms. The quantitative estimate of drug-likeness (QED) is 0.887. The third-order valence-electron chi connectivity index (χ3n) is 3.34. The SMILES string of the molecule is CC(CNc1cc(N)nc(C(F)(F)F)n1)N1CCCC1. The van der Waals surface area contributed by atoms with Crippen LogP contribution in [0.15, 0.2) is 6.07 Å². The van der Waals surface area contributed by atoms with Crippen LogP contribution in [0, 0.1) is 0 Å². The minimum atomic E-state index is -4.59. The van der Waals surface area contributed by atoms with Gasteiger partial charge in [-0.25, -0.2) is 9.97 Å². The van der Waals surface area contributed by atoms with E-state index in [1.807, 2.05) is 6.92 Å². The molecule has 1 unspecified atom stereocenters. The number of rotatable bonds is 4. The Kier molecular flexibility index (Phi) is 4.32. The second kappa shape index (κ2) is 5.82. The van der Waals surface area contributed by atoms with Crippen molar-refractivity contribution in [1.82, 2.24) is 14.9 Å². The molecule has 0 radical (unpaired) electrons. The summed E-state index contributed by atoms with van der Waals surface area (Å²) in [6, 6.07) is 1.55. The van der Waals surface area contributed by atoms with Gasteiger partial charge in [0.1, 0.15) is 11.6 Å². The van der Waals surface area contributed by atoms with Gasteiger partial charge in [0.25, 0.3) is 0 Å². The van der Waals surface area contributed by atoms with Gasteiger partial charge in [-0.2, -0.15) is 13.2 Å². The summed E-state index contributed by atoms with van der Waals surface area (Å²) in [6.07, 6.45) is -2.25. The Bertz CT molecular complexity index is 457. The number of hydrogen-bond donors (Lipinski definition) is 2. The Balaban J connectivity index is 2.00. The molecule has 1 atom stereocenters. The number of nitrogens with one attached hydrogen (secondary N) is 1. The normalized spacial score (nSPS) is 18.2. The predicted octanol–water partition coefficient (Wildman–Crippen LogP) is 1.97. The summed E-state index contributed by atoms with van der Waals surface area (Å²) in [5.74, 6) is -1.30. The molecule has 1 aromatic heterocycles. The van der Waals surface area contributed by atoms with Crippen molar-refractivity contribution in [3.63, 3.8) is 0 Å². The average molecular weight is 289 g/mol. The van der Waals surface area contributed by atoms with E-state index in [-0.39, 0.29) is 17.7 Å². The van der Waals surface area contributed by atoms with Crippen LogP contribution >= 0.6 is 0 Å². The van der Waals surface area contributed by atoms with E-state index in [9.17, 15) is 13.2 Å². The molecule has 0 saturated carbocycles. The maximum absolute atomic E-state index is 12.6. The van der Waals surface area contributed by atoms with Crippen LogP contribution in [0.2, 0.25) is 0 Å². The molecule has 1 fully saturated rings. The van der Waals surface area contributed by atoms with E-state index >= 15 is 0 Å². The minimum absolute atomic E-state index is 0.107. The average Bonchev–Trinajstić information content (AvgIpc) is 2.88. The van der Waals surface area contributed by atoms with Crippen LogP contribution in [0.5, 0.6) is 0 Å². The number of nitrogens with two attached hydrogens (primary N) is 1. The molecule has 0 amide bonds. The number of hydrogen-bond acceptors (Lipinski definition) is 5. The van der Waals surface area contributed by atoms with E-state index in [1.54, 1.807) is 0 Å². The maximum Gasteiger partial charge on any atom is 0.451 e. The number of anilines is 2. The molecule has 20 heavy (non-hydrogen) atoms. The second-order valence-corrected chi connectivity index (χ2v) is 4.97. The topological polar surface area (TPSA) is 67.1 Å². The van der Waals surface area contributed by atoms with Crippen LogP contribution in [0.3, 0.4) is 0 Å². The molecule has 1 saturated heterocycles. The second-order valence-electron chi connectivity index (χ2n) is 4.97. The maximum atomic E-state index is 12.6. The zero-order valence-corrected chi connectivity index (χ0v) is 11.2. The van der Waals surface area contributed by atoms with Crippen molar-refractivity contribution >= 4 is 11.6 Å². The summed E-state index contributed by atoms with van der Waals surface area (Å²) < 4.78 is 37.7. The molecule has 0 aliphatic carbocycles. The highest BCUT2D eigenvalue weighted by Gasteiger charge is 2.35. The van der Waals surface area contributed by atoms with Crippen molar-refractivity contribution in [2.45, 2.75) is 32.0 Å². The van der Waals surface area contributed by atoms with E-state index in [0.717, 1.165) is 13.1 Å². The number of alkyl halides is 3. The molecule has 2 heterocycles. The van der Waals surface area contributed by atoms with Crippen molar-refractivity contribution in [2.75, 3.05) is 30.7 Å². The van der Waals surface area contributed by atoms with Crippen LogP contribution < -0.4 is 11.1 Å². The zero-order chi connectivity index (χ0) is 14.8. The first-order valence-electron chi connectivity index (χ1n) is 6.56. The van der Waals surface area contributed by atoms with Crippen LogP contribution in [0.25, 0.3) is 0 Å². The van der Waals surface area contributed by atoms with Crippen LogP contribution in [0.4, 0.5) is 24.8 Å². The molecule has 0 spiro atoms. The van der Waals surface area contributed by atoms with Crippen molar-refractivity contribution in [3.05, 3.63) is 11.9 Å². The number of likely N-dealkylation sites (tertiary alicyclic amines) is 1. The van der Waals surface area contributed by atoms with Gasteiger partial charge < -0.3 is 11.1 Å². The third-order valence-corrected chi connectivity index (χ3v) is 3.34. The fourth-order valence-electron chi connectivity index (χ4n) is 2.25. The smallest absolute Gasteiger partial charge is 0.384 e. The van der Waals surface area contributed by atoms with Gasteiger partial charge in [0, 0.05) is 18.7 Å². The minimum Gasteiger partial charge on any atom is -0.384 e. The highest BCUT2D eigenvalue weighted by molar-refractivity contribution is 5.45. The van der Waals surface area contributed by atoms with Gasteiger partial charge in [-0.1, -0.05) is 0 Å². The van der Waals surface area contributed by atoms with Gasteiger partial charge in [-0.3, -0.25) is 4.90 Å². The Morgan fingerprint density at radius 1 is 1.35 bits per heavy atom. The Labute approximate surface area is 115 Å². The summed E-state index contributed by atoms with van der Waals surface area (Å²) in [7, 11) is 0.